The molecule has 0 amide bonds. The molecule has 1 aliphatic rings. The molecule has 1 aromatic heterocycles. The molecule has 3 heteroatoms. The minimum atomic E-state index is -0.575. The lowest BCUT2D eigenvalue weighted by atomic mass is 9.63. The summed E-state index contributed by atoms with van der Waals surface area (Å²) in [7, 11) is 0. The number of benzene rings is 7. The topological polar surface area (TPSA) is 35.0 Å². The first-order chi connectivity index (χ1) is 23.8. The summed E-state index contributed by atoms with van der Waals surface area (Å²) in [6.45, 7) is 0. The molecular weight excluding hydrogens is 585 g/mol. The summed E-state index contributed by atoms with van der Waals surface area (Å²) in [6, 6.07) is 63.7. The third-order valence-corrected chi connectivity index (χ3v) is 9.43. The van der Waals surface area contributed by atoms with Gasteiger partial charge in [0, 0.05) is 27.8 Å². The third-order valence-electron chi connectivity index (χ3n) is 9.43. The highest BCUT2D eigenvalue weighted by molar-refractivity contribution is 5.87. The van der Waals surface area contributed by atoms with E-state index in [1.807, 2.05) is 30.3 Å². The highest BCUT2D eigenvalue weighted by Crippen LogP contribution is 2.55. The summed E-state index contributed by atoms with van der Waals surface area (Å²) >= 11 is 0. The van der Waals surface area contributed by atoms with E-state index < -0.39 is 5.41 Å². The lowest BCUT2D eigenvalue weighted by molar-refractivity contribution is 0.434. The number of ether oxygens (including phenoxy) is 1. The number of nitrogens with zero attached hydrogens (tertiary/aromatic N) is 2. The van der Waals surface area contributed by atoms with E-state index in [0.29, 0.717) is 5.82 Å². The summed E-state index contributed by atoms with van der Waals surface area (Å²) in [5.74, 6) is 2.42. The molecule has 8 aromatic rings. The predicted molar refractivity (Wildman–Crippen MR) is 194 cm³/mol. The zero-order valence-electron chi connectivity index (χ0n) is 26.1. The summed E-state index contributed by atoms with van der Waals surface area (Å²) in [4.78, 5) is 10.3. The zero-order chi connectivity index (χ0) is 31.9. The van der Waals surface area contributed by atoms with Gasteiger partial charge in [0.25, 0.3) is 0 Å². The van der Waals surface area contributed by atoms with Gasteiger partial charge >= 0.3 is 0 Å². The van der Waals surface area contributed by atoms with Crippen LogP contribution in [-0.2, 0) is 5.41 Å². The van der Waals surface area contributed by atoms with Gasteiger partial charge in [-0.15, -0.1) is 0 Å². The highest BCUT2D eigenvalue weighted by atomic mass is 16.5. The van der Waals surface area contributed by atoms with Crippen LogP contribution in [-0.4, -0.2) is 9.97 Å². The molecule has 226 valence electrons. The van der Waals surface area contributed by atoms with Crippen LogP contribution < -0.4 is 4.74 Å². The van der Waals surface area contributed by atoms with E-state index in [0.717, 1.165) is 56.3 Å². The second-order valence-corrected chi connectivity index (χ2v) is 12.2. The van der Waals surface area contributed by atoms with Crippen molar-refractivity contribution in [2.75, 3.05) is 0 Å². The van der Waals surface area contributed by atoms with Crippen molar-refractivity contribution in [3.8, 4) is 45.4 Å². The van der Waals surface area contributed by atoms with Crippen LogP contribution >= 0.6 is 0 Å². The Morgan fingerprint density at radius 1 is 0.375 bits per heavy atom. The fraction of sp³-hybridized carbons (Fsp3) is 0.0222. The number of hydrogen-bond acceptors (Lipinski definition) is 3. The van der Waals surface area contributed by atoms with Crippen molar-refractivity contribution in [3.05, 3.63) is 204 Å². The Morgan fingerprint density at radius 3 is 1.58 bits per heavy atom. The lowest BCUT2D eigenvalue weighted by Gasteiger charge is -2.41. The van der Waals surface area contributed by atoms with E-state index in [-0.39, 0.29) is 0 Å². The Kier molecular flexibility index (Phi) is 6.69. The van der Waals surface area contributed by atoms with Crippen LogP contribution in [0.15, 0.2) is 182 Å². The van der Waals surface area contributed by atoms with E-state index in [2.05, 4.69) is 152 Å². The first kappa shape index (κ1) is 27.9. The molecule has 1 aliphatic heterocycles. The van der Waals surface area contributed by atoms with Crippen molar-refractivity contribution in [3.63, 3.8) is 0 Å². The monoisotopic (exact) mass is 614 g/mol. The summed E-state index contributed by atoms with van der Waals surface area (Å²) in [5.41, 5.74) is 8.83. The summed E-state index contributed by atoms with van der Waals surface area (Å²) < 4.78 is 6.49. The maximum atomic E-state index is 6.49. The maximum absolute atomic E-state index is 6.49. The molecule has 0 fully saturated rings. The molecule has 0 aliphatic carbocycles. The van der Waals surface area contributed by atoms with Crippen molar-refractivity contribution >= 4 is 10.8 Å². The van der Waals surface area contributed by atoms with E-state index >= 15 is 0 Å². The molecule has 0 saturated carbocycles. The van der Waals surface area contributed by atoms with Crippen molar-refractivity contribution < 1.29 is 4.74 Å². The molecule has 2 heterocycles. The van der Waals surface area contributed by atoms with Gasteiger partial charge in [-0.3, -0.25) is 0 Å². The fourth-order valence-electron chi connectivity index (χ4n) is 7.17. The van der Waals surface area contributed by atoms with Gasteiger partial charge in [-0.2, -0.15) is 0 Å². The highest BCUT2D eigenvalue weighted by Gasteiger charge is 2.45. The SMILES string of the molecule is c1ccc(-c2cc(-c3ccc4ccccc4c3)nc(-c3ccc(C4(c5ccccc5)c5ccccc5Oc5ccccc54)cc3)n2)cc1. The molecule has 9 rings (SSSR count). The van der Waals surface area contributed by atoms with Crippen LogP contribution in [0.2, 0.25) is 0 Å². The average Bonchev–Trinajstić information content (AvgIpc) is 3.17. The Morgan fingerprint density at radius 2 is 0.896 bits per heavy atom. The molecule has 0 unspecified atom stereocenters. The second-order valence-electron chi connectivity index (χ2n) is 12.2. The number of aromatic nitrogens is 2. The Labute approximate surface area is 279 Å². The Balaban J connectivity index is 1.23. The molecule has 3 nitrogen and oxygen atoms in total. The maximum Gasteiger partial charge on any atom is 0.160 e. The number of para-hydroxylation sites is 2. The van der Waals surface area contributed by atoms with Crippen LogP contribution in [0.4, 0.5) is 0 Å². The zero-order valence-corrected chi connectivity index (χ0v) is 26.1. The van der Waals surface area contributed by atoms with Gasteiger partial charge < -0.3 is 4.74 Å². The molecule has 0 radical (unpaired) electrons. The van der Waals surface area contributed by atoms with Gasteiger partial charge in [-0.25, -0.2) is 9.97 Å². The van der Waals surface area contributed by atoms with Gasteiger partial charge in [-0.05, 0) is 46.2 Å². The Hall–Kier alpha value is -6.32. The van der Waals surface area contributed by atoms with E-state index in [9.17, 15) is 0 Å². The van der Waals surface area contributed by atoms with Crippen molar-refractivity contribution in [1.29, 1.82) is 0 Å². The van der Waals surface area contributed by atoms with Crippen molar-refractivity contribution in [1.82, 2.24) is 9.97 Å². The molecule has 48 heavy (non-hydrogen) atoms. The second kappa shape index (κ2) is 11.5. The molecule has 0 bridgehead atoms. The lowest BCUT2D eigenvalue weighted by Crippen LogP contribution is -2.34. The summed E-state index contributed by atoms with van der Waals surface area (Å²) in [5, 5.41) is 2.39. The van der Waals surface area contributed by atoms with Crippen LogP contribution in [0, 0.1) is 0 Å². The van der Waals surface area contributed by atoms with Gasteiger partial charge in [0.05, 0.1) is 16.8 Å². The normalized spacial score (nSPS) is 12.9. The van der Waals surface area contributed by atoms with Gasteiger partial charge in [0.15, 0.2) is 5.82 Å². The van der Waals surface area contributed by atoms with Gasteiger partial charge in [-0.1, -0.05) is 158 Å². The minimum Gasteiger partial charge on any atom is -0.457 e. The molecule has 7 aromatic carbocycles. The first-order valence-corrected chi connectivity index (χ1v) is 16.2. The van der Waals surface area contributed by atoms with Crippen LogP contribution in [0.5, 0.6) is 11.5 Å². The number of rotatable bonds is 5. The molecule has 0 spiro atoms. The van der Waals surface area contributed by atoms with Crippen molar-refractivity contribution in [2.24, 2.45) is 0 Å². The molecular formula is C45H30N2O. The average molecular weight is 615 g/mol. The quantitative estimate of drug-likeness (QED) is 0.193. The van der Waals surface area contributed by atoms with Crippen LogP contribution in [0.3, 0.4) is 0 Å². The molecule has 0 saturated heterocycles. The van der Waals surface area contributed by atoms with Crippen LogP contribution in [0.25, 0.3) is 44.7 Å². The van der Waals surface area contributed by atoms with Gasteiger partial charge in [0.2, 0.25) is 0 Å². The minimum absolute atomic E-state index is 0.575. The largest absolute Gasteiger partial charge is 0.457 e. The van der Waals surface area contributed by atoms with Gasteiger partial charge in [0.1, 0.15) is 11.5 Å². The van der Waals surface area contributed by atoms with E-state index in [1.54, 1.807) is 0 Å². The first-order valence-electron chi connectivity index (χ1n) is 16.2. The Bertz CT molecular complexity index is 2370. The van der Waals surface area contributed by atoms with Crippen molar-refractivity contribution in [2.45, 2.75) is 5.41 Å². The van der Waals surface area contributed by atoms with E-state index in [4.69, 9.17) is 14.7 Å². The molecule has 0 atom stereocenters. The predicted octanol–water partition coefficient (Wildman–Crippen LogP) is 11.1. The fourth-order valence-corrected chi connectivity index (χ4v) is 7.17. The number of fused-ring (bicyclic) bond motifs is 3. The third kappa shape index (κ3) is 4.59. The number of hydrogen-bond donors (Lipinski definition) is 0. The molecule has 0 N–H and O–H groups in total. The standard InChI is InChI=1S/C45H30N2O/c1-3-14-32(15-4-1)40-30-41(35-24-23-31-13-7-8-16-34(31)29-35)47-44(46-40)33-25-27-37(28-26-33)45(36-17-5-2-6-18-36)38-19-9-11-21-42(38)48-43-22-12-10-20-39(43)45/h1-30H. The van der Waals surface area contributed by atoms with Crippen LogP contribution in [0.1, 0.15) is 22.3 Å². The summed E-state index contributed by atoms with van der Waals surface area (Å²) in [6.07, 6.45) is 0. The van der Waals surface area contributed by atoms with E-state index in [1.165, 1.54) is 16.3 Å². The smallest absolute Gasteiger partial charge is 0.160 e.